The molecule has 1 N–H and O–H groups in total. The van der Waals surface area contributed by atoms with Crippen LogP contribution in [0.5, 0.6) is 0 Å². The molecule has 2 aromatic carbocycles. The van der Waals surface area contributed by atoms with E-state index in [1.165, 1.54) is 17.6 Å². The van der Waals surface area contributed by atoms with Gasteiger partial charge in [0.2, 0.25) is 0 Å². The largest absolute Gasteiger partial charge is 0.340 e. The summed E-state index contributed by atoms with van der Waals surface area (Å²) in [5.41, 5.74) is 6.30. The summed E-state index contributed by atoms with van der Waals surface area (Å²) >= 11 is 0. The average molecular weight is 508 g/mol. The number of nitriles is 1. The van der Waals surface area contributed by atoms with Crippen LogP contribution in [0.2, 0.25) is 0 Å². The number of amidine groups is 1. The lowest BCUT2D eigenvalue weighted by Gasteiger charge is -2.26. The first-order valence-electron chi connectivity index (χ1n) is 13.3. The number of nitrogens with one attached hydrogen (secondary N) is 1. The van der Waals surface area contributed by atoms with E-state index in [1.807, 2.05) is 41.5 Å². The monoisotopic (exact) mass is 507 g/mol. The first-order valence-corrected chi connectivity index (χ1v) is 13.3. The Morgan fingerprint density at radius 1 is 1.18 bits per heavy atom. The maximum atomic E-state index is 9.89. The van der Waals surface area contributed by atoms with Crippen molar-refractivity contribution in [3.8, 4) is 6.07 Å². The van der Waals surface area contributed by atoms with Gasteiger partial charge in [0.05, 0.1) is 23.9 Å². The highest BCUT2D eigenvalue weighted by Gasteiger charge is 2.31. The molecule has 0 aliphatic carbocycles. The number of hydrogen-bond acceptors (Lipinski definition) is 6. The molecule has 0 spiro atoms. The van der Waals surface area contributed by atoms with Gasteiger partial charge < -0.3 is 10.2 Å². The molecule has 2 aliphatic rings. The Labute approximate surface area is 226 Å². The smallest absolute Gasteiger partial charge is 0.137 e. The van der Waals surface area contributed by atoms with Crippen molar-refractivity contribution in [2.75, 3.05) is 32.1 Å². The molecule has 4 rings (SSSR count). The van der Waals surface area contributed by atoms with Gasteiger partial charge in [-0.2, -0.15) is 5.26 Å². The van der Waals surface area contributed by atoms with Gasteiger partial charge in [-0.05, 0) is 62.2 Å². The summed E-state index contributed by atoms with van der Waals surface area (Å²) in [7, 11) is 2.16. The van der Waals surface area contributed by atoms with E-state index in [0.29, 0.717) is 29.3 Å². The second-order valence-electron chi connectivity index (χ2n) is 9.86. The van der Waals surface area contributed by atoms with Crippen LogP contribution in [0.4, 0.5) is 5.69 Å². The van der Waals surface area contributed by atoms with Gasteiger partial charge >= 0.3 is 0 Å². The molecule has 0 radical (unpaired) electrons. The van der Waals surface area contributed by atoms with Crippen LogP contribution in [0.25, 0.3) is 0 Å². The molecule has 2 heterocycles. The Kier molecular flexibility index (Phi) is 9.31. The lowest BCUT2D eigenvalue weighted by Crippen LogP contribution is -2.23. The molecule has 0 amide bonds. The number of hydrogen-bond donors (Lipinski definition) is 1. The quantitative estimate of drug-likeness (QED) is 0.369. The molecule has 0 aromatic heterocycles. The summed E-state index contributed by atoms with van der Waals surface area (Å²) < 4.78 is 0. The zero-order valence-corrected chi connectivity index (χ0v) is 22.5. The fraction of sp³-hybridized carbons (Fsp3) is 0.312. The second kappa shape index (κ2) is 13.0. The Hall–Kier alpha value is -3.92. The standard InChI is InChI=1S/C32H37N5O/c1-5-17-36(4)18-15-24(2)20-26-11-13-29(14-12-26)35-32-25(3)21-31(28(22-33)23-34-32)37-30(16-19-38-37)27-9-7-6-8-10-27/h6-14,21,23,30H,2-3,5,15-20H2,1,4H3,(H,34,35)/t30-/m1/s1. The summed E-state index contributed by atoms with van der Waals surface area (Å²) in [5, 5.41) is 15.1. The van der Waals surface area contributed by atoms with Crippen LogP contribution in [-0.4, -0.2) is 42.5 Å². The maximum Gasteiger partial charge on any atom is 0.137 e. The predicted octanol–water partition coefficient (Wildman–Crippen LogP) is 6.57. The van der Waals surface area contributed by atoms with E-state index in [-0.39, 0.29) is 6.04 Å². The Bertz CT molecular complexity index is 1270. The molecule has 196 valence electrons. The molecule has 38 heavy (non-hydrogen) atoms. The van der Waals surface area contributed by atoms with Crippen LogP contribution in [0.3, 0.4) is 0 Å². The van der Waals surface area contributed by atoms with Gasteiger partial charge in [-0.3, -0.25) is 4.84 Å². The van der Waals surface area contributed by atoms with Crippen molar-refractivity contribution in [2.24, 2.45) is 4.99 Å². The number of rotatable bonds is 10. The third-order valence-electron chi connectivity index (χ3n) is 6.78. The topological polar surface area (TPSA) is 63.9 Å². The van der Waals surface area contributed by atoms with Crippen LogP contribution in [-0.2, 0) is 11.3 Å². The van der Waals surface area contributed by atoms with Crippen LogP contribution in [0.15, 0.2) is 107 Å². The fourth-order valence-corrected chi connectivity index (χ4v) is 4.72. The SMILES string of the molecule is C=C(CCN(C)CCC)Cc1ccc(NC2=NC=C(C#N)C(N3OCC[C@@H]3c3ccccc3)=CC2=C)cc1. The van der Waals surface area contributed by atoms with Crippen molar-refractivity contribution in [2.45, 2.75) is 38.6 Å². The Balaban J connectivity index is 1.42. The molecule has 6 heteroatoms. The first-order chi connectivity index (χ1) is 18.5. The Morgan fingerprint density at radius 2 is 1.95 bits per heavy atom. The van der Waals surface area contributed by atoms with Crippen LogP contribution < -0.4 is 5.32 Å². The molecule has 1 saturated heterocycles. The number of allylic oxidation sites excluding steroid dienone is 1. The van der Waals surface area contributed by atoms with Crippen molar-refractivity contribution in [1.82, 2.24) is 9.96 Å². The van der Waals surface area contributed by atoms with Crippen molar-refractivity contribution in [1.29, 1.82) is 5.26 Å². The highest BCUT2D eigenvalue weighted by atomic mass is 16.7. The summed E-state index contributed by atoms with van der Waals surface area (Å²) in [6.45, 7) is 13.4. The minimum absolute atomic E-state index is 0.0239. The molecule has 2 aliphatic heterocycles. The number of hydroxylamine groups is 2. The van der Waals surface area contributed by atoms with Crippen molar-refractivity contribution in [3.63, 3.8) is 0 Å². The lowest BCUT2D eigenvalue weighted by atomic mass is 10.0. The van der Waals surface area contributed by atoms with Crippen LogP contribution in [0.1, 0.15) is 43.4 Å². The second-order valence-corrected chi connectivity index (χ2v) is 9.86. The van der Waals surface area contributed by atoms with Gasteiger partial charge in [-0.15, -0.1) is 0 Å². The molecule has 6 nitrogen and oxygen atoms in total. The number of aliphatic imine (C=N–C) groups is 1. The van der Waals surface area contributed by atoms with Crippen LogP contribution in [0, 0.1) is 11.3 Å². The fourth-order valence-electron chi connectivity index (χ4n) is 4.72. The number of benzene rings is 2. The van der Waals surface area contributed by atoms with Gasteiger partial charge in [-0.1, -0.05) is 68.1 Å². The minimum Gasteiger partial charge on any atom is -0.340 e. The van der Waals surface area contributed by atoms with Crippen LogP contribution >= 0.6 is 0 Å². The van der Waals surface area contributed by atoms with Gasteiger partial charge in [0, 0.05) is 30.4 Å². The van der Waals surface area contributed by atoms with E-state index in [4.69, 9.17) is 4.84 Å². The number of anilines is 1. The lowest BCUT2D eigenvalue weighted by molar-refractivity contribution is -0.0989. The zero-order chi connectivity index (χ0) is 26.9. The molecular formula is C32H37N5O. The summed E-state index contributed by atoms with van der Waals surface area (Å²) in [6, 6.07) is 20.8. The van der Waals surface area contributed by atoms with E-state index >= 15 is 0 Å². The van der Waals surface area contributed by atoms with E-state index < -0.39 is 0 Å². The molecule has 0 saturated carbocycles. The minimum atomic E-state index is 0.0239. The highest BCUT2D eigenvalue weighted by molar-refractivity contribution is 6.10. The third kappa shape index (κ3) is 6.89. The van der Waals surface area contributed by atoms with E-state index in [1.54, 1.807) is 6.20 Å². The molecule has 2 aromatic rings. The van der Waals surface area contributed by atoms with Gasteiger partial charge in [0.15, 0.2) is 0 Å². The third-order valence-corrected chi connectivity index (χ3v) is 6.78. The number of nitrogens with zero attached hydrogens (tertiary/aromatic N) is 4. The van der Waals surface area contributed by atoms with Crippen molar-refractivity contribution >= 4 is 11.5 Å². The summed E-state index contributed by atoms with van der Waals surface area (Å²) in [6.07, 6.45) is 7.34. The molecular weight excluding hydrogens is 470 g/mol. The zero-order valence-electron chi connectivity index (χ0n) is 22.5. The van der Waals surface area contributed by atoms with E-state index in [2.05, 4.69) is 72.7 Å². The van der Waals surface area contributed by atoms with Gasteiger partial charge in [-0.25, -0.2) is 10.1 Å². The predicted molar refractivity (Wildman–Crippen MR) is 155 cm³/mol. The highest BCUT2D eigenvalue weighted by Crippen LogP contribution is 2.36. The normalized spacial score (nSPS) is 17.4. The van der Waals surface area contributed by atoms with E-state index in [9.17, 15) is 5.26 Å². The molecule has 1 fully saturated rings. The van der Waals surface area contributed by atoms with Gasteiger partial charge in [0.25, 0.3) is 0 Å². The van der Waals surface area contributed by atoms with Crippen molar-refractivity contribution in [3.05, 3.63) is 114 Å². The molecule has 0 unspecified atom stereocenters. The maximum absolute atomic E-state index is 9.89. The summed E-state index contributed by atoms with van der Waals surface area (Å²) in [5.74, 6) is 0.597. The van der Waals surface area contributed by atoms with E-state index in [0.717, 1.165) is 43.6 Å². The van der Waals surface area contributed by atoms with Crippen molar-refractivity contribution < 1.29 is 4.84 Å². The first kappa shape index (κ1) is 27.1. The summed E-state index contributed by atoms with van der Waals surface area (Å²) in [4.78, 5) is 12.9. The Morgan fingerprint density at radius 3 is 2.66 bits per heavy atom. The average Bonchev–Trinajstić information content (AvgIpc) is 3.36. The molecule has 0 bridgehead atoms. The molecule has 1 atom stereocenters. The van der Waals surface area contributed by atoms with Gasteiger partial charge in [0.1, 0.15) is 11.9 Å².